The van der Waals surface area contributed by atoms with Crippen LogP contribution in [0, 0.1) is 11.5 Å². The van der Waals surface area contributed by atoms with E-state index in [0.717, 1.165) is 11.4 Å². The van der Waals surface area contributed by atoms with Crippen molar-refractivity contribution in [2.45, 2.75) is 5.75 Å². The highest BCUT2D eigenvalue weighted by molar-refractivity contribution is 7.98. The number of hydrogen-bond acceptors (Lipinski definition) is 6. The predicted molar refractivity (Wildman–Crippen MR) is 83.6 cm³/mol. The van der Waals surface area contributed by atoms with Gasteiger partial charge in [0.05, 0.1) is 19.9 Å². The second-order valence-electron chi connectivity index (χ2n) is 3.78. The summed E-state index contributed by atoms with van der Waals surface area (Å²) in [4.78, 5) is 8.21. The first-order valence-electron chi connectivity index (χ1n) is 6.26. The number of pyridine rings is 1. The van der Waals surface area contributed by atoms with E-state index in [1.54, 1.807) is 45.3 Å². The molecule has 0 aliphatic carbocycles. The minimum atomic E-state index is 0.468. The van der Waals surface area contributed by atoms with E-state index in [4.69, 9.17) is 14.7 Å². The molecule has 1 rings (SSSR count). The van der Waals surface area contributed by atoms with Gasteiger partial charge in [-0.1, -0.05) is 0 Å². The molecular formula is C13H19N5O2S. The fraction of sp³-hybridized carbons (Fsp3) is 0.462. The molecule has 7 nitrogen and oxygen atoms in total. The summed E-state index contributed by atoms with van der Waals surface area (Å²) in [5.41, 5.74) is 0.849. The number of rotatable bonds is 7. The third kappa shape index (κ3) is 5.39. The summed E-state index contributed by atoms with van der Waals surface area (Å²) in [7, 11) is 4.82. The second kappa shape index (κ2) is 9.72. The average molecular weight is 309 g/mol. The van der Waals surface area contributed by atoms with Gasteiger partial charge in [0.25, 0.3) is 0 Å². The summed E-state index contributed by atoms with van der Waals surface area (Å²) in [5, 5.41) is 14.0. The molecule has 8 heteroatoms. The Morgan fingerprint density at radius 3 is 2.90 bits per heavy atom. The van der Waals surface area contributed by atoms with Gasteiger partial charge >= 0.3 is 0 Å². The number of guanidine groups is 1. The van der Waals surface area contributed by atoms with E-state index in [1.807, 2.05) is 6.19 Å². The summed E-state index contributed by atoms with van der Waals surface area (Å²) >= 11 is 1.70. The third-order valence-electron chi connectivity index (χ3n) is 2.54. The highest BCUT2D eigenvalue weighted by atomic mass is 32.2. The fourth-order valence-electron chi connectivity index (χ4n) is 1.60. The van der Waals surface area contributed by atoms with Gasteiger partial charge in [0.2, 0.25) is 5.96 Å². The average Bonchev–Trinajstić information content (AvgIpc) is 2.52. The zero-order chi connectivity index (χ0) is 15.5. The SMILES string of the molecule is CN=C(NC#N)NCCSCc1nccc(OC)c1OC. The third-order valence-corrected chi connectivity index (χ3v) is 3.51. The van der Waals surface area contributed by atoms with Crippen LogP contribution in [-0.4, -0.2) is 44.5 Å². The van der Waals surface area contributed by atoms with E-state index in [2.05, 4.69) is 20.6 Å². The van der Waals surface area contributed by atoms with Crippen molar-refractivity contribution in [1.29, 1.82) is 5.26 Å². The number of thioether (sulfide) groups is 1. The summed E-state index contributed by atoms with van der Waals surface area (Å²) in [6, 6.07) is 1.77. The van der Waals surface area contributed by atoms with E-state index in [1.165, 1.54) is 0 Å². The van der Waals surface area contributed by atoms with Crippen molar-refractivity contribution >= 4 is 17.7 Å². The number of aromatic nitrogens is 1. The van der Waals surface area contributed by atoms with Crippen LogP contribution in [0.25, 0.3) is 0 Å². The molecule has 0 saturated carbocycles. The maximum absolute atomic E-state index is 8.51. The highest BCUT2D eigenvalue weighted by Gasteiger charge is 2.10. The Balaban J connectivity index is 2.41. The minimum absolute atomic E-state index is 0.468. The Morgan fingerprint density at radius 2 is 2.29 bits per heavy atom. The van der Waals surface area contributed by atoms with Gasteiger partial charge in [-0.25, -0.2) is 0 Å². The Morgan fingerprint density at radius 1 is 1.48 bits per heavy atom. The molecule has 0 aromatic carbocycles. The van der Waals surface area contributed by atoms with Crippen LogP contribution in [0.5, 0.6) is 11.5 Å². The summed E-state index contributed by atoms with van der Waals surface area (Å²) in [6.45, 7) is 0.693. The van der Waals surface area contributed by atoms with Crippen LogP contribution >= 0.6 is 11.8 Å². The van der Waals surface area contributed by atoms with Crippen molar-refractivity contribution in [3.63, 3.8) is 0 Å². The van der Waals surface area contributed by atoms with Crippen molar-refractivity contribution in [3.05, 3.63) is 18.0 Å². The van der Waals surface area contributed by atoms with Crippen molar-refractivity contribution in [1.82, 2.24) is 15.6 Å². The molecule has 1 heterocycles. The van der Waals surface area contributed by atoms with Crippen LogP contribution in [0.2, 0.25) is 0 Å². The van der Waals surface area contributed by atoms with Crippen LogP contribution in [0.1, 0.15) is 5.69 Å². The topological polar surface area (TPSA) is 91.6 Å². The molecule has 0 radical (unpaired) electrons. The second-order valence-corrected chi connectivity index (χ2v) is 4.89. The summed E-state index contributed by atoms with van der Waals surface area (Å²) in [6.07, 6.45) is 3.53. The highest BCUT2D eigenvalue weighted by Crippen LogP contribution is 2.31. The first-order chi connectivity index (χ1) is 10.3. The molecular weight excluding hydrogens is 290 g/mol. The van der Waals surface area contributed by atoms with E-state index in [9.17, 15) is 0 Å². The molecule has 0 amide bonds. The lowest BCUT2D eigenvalue weighted by atomic mass is 10.3. The number of nitrogens with one attached hydrogen (secondary N) is 2. The Hall–Kier alpha value is -2.14. The molecule has 0 fully saturated rings. The van der Waals surface area contributed by atoms with Crippen molar-refractivity contribution in [3.8, 4) is 17.7 Å². The van der Waals surface area contributed by atoms with Crippen molar-refractivity contribution in [2.75, 3.05) is 33.6 Å². The lowest BCUT2D eigenvalue weighted by Gasteiger charge is -2.11. The minimum Gasteiger partial charge on any atom is -0.493 e. The molecule has 21 heavy (non-hydrogen) atoms. The molecule has 0 atom stereocenters. The molecule has 0 bridgehead atoms. The van der Waals surface area contributed by atoms with Crippen LogP contribution in [0.4, 0.5) is 0 Å². The standard InChI is InChI=1S/C13H19N5O2S/c1-15-13(18-9-14)17-6-7-21-8-10-12(20-3)11(19-2)4-5-16-10/h4-5H,6-8H2,1-3H3,(H2,15,17,18). The first kappa shape index (κ1) is 16.9. The Labute approximate surface area is 128 Å². The van der Waals surface area contributed by atoms with E-state index < -0.39 is 0 Å². The first-order valence-corrected chi connectivity index (χ1v) is 7.41. The normalized spacial score (nSPS) is 10.7. The Bertz CT molecular complexity index is 516. The quantitative estimate of drug-likeness (QED) is 0.255. The molecule has 0 unspecified atom stereocenters. The molecule has 1 aromatic heterocycles. The molecule has 0 saturated heterocycles. The van der Waals surface area contributed by atoms with Gasteiger partial charge in [0, 0.05) is 37.4 Å². The number of nitriles is 1. The number of aliphatic imine (C=N–C) groups is 1. The van der Waals surface area contributed by atoms with Gasteiger partial charge in [-0.15, -0.1) is 0 Å². The molecule has 0 spiro atoms. The largest absolute Gasteiger partial charge is 0.493 e. The van der Waals surface area contributed by atoms with Crippen molar-refractivity contribution < 1.29 is 9.47 Å². The van der Waals surface area contributed by atoms with Gasteiger partial charge in [-0.2, -0.15) is 17.0 Å². The van der Waals surface area contributed by atoms with Gasteiger partial charge in [0.1, 0.15) is 0 Å². The lowest BCUT2D eigenvalue weighted by molar-refractivity contribution is 0.350. The number of methoxy groups -OCH3 is 2. The van der Waals surface area contributed by atoms with Gasteiger partial charge in [-0.3, -0.25) is 15.3 Å². The fourth-order valence-corrected chi connectivity index (χ4v) is 2.39. The molecule has 114 valence electrons. The summed E-state index contributed by atoms with van der Waals surface area (Å²) in [5.74, 6) is 3.37. The maximum atomic E-state index is 8.51. The van der Waals surface area contributed by atoms with E-state index in [0.29, 0.717) is 29.8 Å². The van der Waals surface area contributed by atoms with Crippen LogP contribution < -0.4 is 20.1 Å². The number of hydrogen-bond donors (Lipinski definition) is 2. The lowest BCUT2D eigenvalue weighted by Crippen LogP contribution is -2.35. The van der Waals surface area contributed by atoms with Crippen LogP contribution in [-0.2, 0) is 5.75 Å². The van der Waals surface area contributed by atoms with E-state index >= 15 is 0 Å². The molecule has 0 aliphatic rings. The predicted octanol–water partition coefficient (Wildman–Crippen LogP) is 0.978. The van der Waals surface area contributed by atoms with Crippen molar-refractivity contribution in [2.24, 2.45) is 4.99 Å². The van der Waals surface area contributed by atoms with Gasteiger partial charge in [-0.05, 0) is 0 Å². The maximum Gasteiger partial charge on any atom is 0.204 e. The Kier molecular flexibility index (Phi) is 7.82. The van der Waals surface area contributed by atoms with E-state index in [-0.39, 0.29) is 0 Å². The zero-order valence-electron chi connectivity index (χ0n) is 12.3. The summed E-state index contributed by atoms with van der Waals surface area (Å²) < 4.78 is 10.6. The molecule has 2 N–H and O–H groups in total. The molecule has 1 aromatic rings. The number of nitrogens with zero attached hydrogens (tertiary/aromatic N) is 3. The zero-order valence-corrected chi connectivity index (χ0v) is 13.2. The van der Waals surface area contributed by atoms with Crippen LogP contribution in [0.15, 0.2) is 17.3 Å². The monoisotopic (exact) mass is 309 g/mol. The molecule has 0 aliphatic heterocycles. The van der Waals surface area contributed by atoms with Gasteiger partial charge in [0.15, 0.2) is 17.7 Å². The number of ether oxygens (including phenoxy) is 2. The van der Waals surface area contributed by atoms with Gasteiger partial charge < -0.3 is 14.8 Å². The smallest absolute Gasteiger partial charge is 0.204 e. The van der Waals surface area contributed by atoms with Crippen LogP contribution in [0.3, 0.4) is 0 Å².